The maximum atomic E-state index is 12.8. The zero-order valence-electron chi connectivity index (χ0n) is 16.3. The van der Waals surface area contributed by atoms with E-state index in [1.807, 2.05) is 31.2 Å². The van der Waals surface area contributed by atoms with E-state index in [0.29, 0.717) is 34.9 Å². The summed E-state index contributed by atoms with van der Waals surface area (Å²) in [6.07, 6.45) is 2.97. The van der Waals surface area contributed by atoms with E-state index in [1.54, 1.807) is 32.6 Å². The summed E-state index contributed by atoms with van der Waals surface area (Å²) in [7, 11) is 3.17. The predicted molar refractivity (Wildman–Crippen MR) is 112 cm³/mol. The van der Waals surface area contributed by atoms with Crippen LogP contribution < -0.4 is 19.8 Å². The molecule has 0 radical (unpaired) electrons. The van der Waals surface area contributed by atoms with Crippen LogP contribution in [0.15, 0.2) is 52.6 Å². The van der Waals surface area contributed by atoms with Crippen molar-refractivity contribution >= 4 is 28.2 Å². The highest BCUT2D eigenvalue weighted by Crippen LogP contribution is 2.28. The van der Waals surface area contributed by atoms with Crippen molar-refractivity contribution in [2.75, 3.05) is 20.8 Å². The molecule has 0 unspecified atom stereocenters. The zero-order chi connectivity index (χ0) is 20.4. The van der Waals surface area contributed by atoms with Gasteiger partial charge in [0.2, 0.25) is 0 Å². The van der Waals surface area contributed by atoms with Crippen LogP contribution in [-0.2, 0) is 0 Å². The van der Waals surface area contributed by atoms with Gasteiger partial charge in [-0.15, -0.1) is 0 Å². The Hall–Kier alpha value is -3.81. The van der Waals surface area contributed by atoms with E-state index in [4.69, 9.17) is 14.2 Å². The fourth-order valence-electron chi connectivity index (χ4n) is 3.10. The number of methoxy groups -OCH3 is 2. The topological polar surface area (TPSA) is 90.7 Å². The van der Waals surface area contributed by atoms with Crippen LogP contribution in [-0.4, -0.2) is 41.7 Å². The Kier molecular flexibility index (Phi) is 4.90. The van der Waals surface area contributed by atoms with Crippen molar-refractivity contribution < 1.29 is 14.2 Å². The van der Waals surface area contributed by atoms with Crippen molar-refractivity contribution in [3.63, 3.8) is 0 Å². The molecule has 0 amide bonds. The van der Waals surface area contributed by atoms with Crippen molar-refractivity contribution in [1.82, 2.24) is 14.6 Å². The van der Waals surface area contributed by atoms with E-state index >= 15 is 0 Å². The molecule has 0 aliphatic heterocycles. The Bertz CT molecular complexity index is 1270. The highest BCUT2D eigenvalue weighted by atomic mass is 16.5. The quantitative estimate of drug-likeness (QED) is 0.509. The normalized spacial score (nSPS) is 11.4. The minimum atomic E-state index is -0.292. The SMILES string of the molecule is CCOc1ccc(C=Nn2cnc3c([nH]c4ccc(OC)cc43)c2=O)cc1OC. The van der Waals surface area contributed by atoms with Crippen LogP contribution in [0.3, 0.4) is 0 Å². The lowest BCUT2D eigenvalue weighted by molar-refractivity contribution is 0.311. The van der Waals surface area contributed by atoms with Gasteiger partial charge in [-0.2, -0.15) is 9.78 Å². The first-order chi connectivity index (χ1) is 14.1. The van der Waals surface area contributed by atoms with E-state index in [2.05, 4.69) is 15.1 Å². The second-order valence-electron chi connectivity index (χ2n) is 6.24. The van der Waals surface area contributed by atoms with E-state index in [-0.39, 0.29) is 5.56 Å². The smallest absolute Gasteiger partial charge is 0.298 e. The van der Waals surface area contributed by atoms with Crippen LogP contribution in [0.25, 0.3) is 21.9 Å². The summed E-state index contributed by atoms with van der Waals surface area (Å²) in [4.78, 5) is 20.4. The molecular weight excluding hydrogens is 372 g/mol. The average Bonchev–Trinajstić information content (AvgIpc) is 3.13. The Morgan fingerprint density at radius 3 is 2.76 bits per heavy atom. The lowest BCUT2D eigenvalue weighted by atomic mass is 10.2. The molecule has 8 nitrogen and oxygen atoms in total. The van der Waals surface area contributed by atoms with Gasteiger partial charge in [0.05, 0.1) is 27.0 Å². The van der Waals surface area contributed by atoms with Crippen molar-refractivity contribution in [2.24, 2.45) is 5.10 Å². The van der Waals surface area contributed by atoms with Crippen molar-refractivity contribution in [3.8, 4) is 17.2 Å². The molecule has 0 fully saturated rings. The maximum Gasteiger partial charge on any atom is 0.298 e. The number of fused-ring (bicyclic) bond motifs is 3. The van der Waals surface area contributed by atoms with Gasteiger partial charge in [-0.05, 0) is 48.9 Å². The molecule has 0 spiro atoms. The van der Waals surface area contributed by atoms with Crippen LogP contribution in [0.4, 0.5) is 0 Å². The molecule has 4 rings (SSSR count). The second-order valence-corrected chi connectivity index (χ2v) is 6.24. The monoisotopic (exact) mass is 392 g/mol. The van der Waals surface area contributed by atoms with E-state index in [1.165, 1.54) is 11.0 Å². The maximum absolute atomic E-state index is 12.8. The summed E-state index contributed by atoms with van der Waals surface area (Å²) < 4.78 is 17.3. The van der Waals surface area contributed by atoms with Gasteiger partial charge in [0.15, 0.2) is 11.5 Å². The third-order valence-electron chi connectivity index (χ3n) is 4.52. The molecule has 8 heteroatoms. The van der Waals surface area contributed by atoms with Crippen molar-refractivity contribution in [3.05, 3.63) is 58.6 Å². The molecule has 0 saturated carbocycles. The molecule has 2 aromatic carbocycles. The van der Waals surface area contributed by atoms with Gasteiger partial charge < -0.3 is 19.2 Å². The third kappa shape index (κ3) is 3.40. The number of aromatic amines is 1. The standard InChI is InChI=1S/C21H20N4O4/c1-4-29-17-8-5-13(9-18(17)28-3)11-23-25-12-22-19-15-10-14(27-2)6-7-16(15)24-20(19)21(25)26/h5-12,24H,4H2,1-3H3. The summed E-state index contributed by atoms with van der Waals surface area (Å²) in [5, 5.41) is 5.08. The van der Waals surface area contributed by atoms with E-state index in [9.17, 15) is 4.79 Å². The fourth-order valence-corrected chi connectivity index (χ4v) is 3.10. The number of ether oxygens (including phenoxy) is 3. The van der Waals surface area contributed by atoms with Crippen LogP contribution in [0.1, 0.15) is 12.5 Å². The number of nitrogens with one attached hydrogen (secondary N) is 1. The number of hydrogen-bond donors (Lipinski definition) is 1. The van der Waals surface area contributed by atoms with E-state index < -0.39 is 0 Å². The lowest BCUT2D eigenvalue weighted by Gasteiger charge is -2.09. The van der Waals surface area contributed by atoms with E-state index in [0.717, 1.165) is 16.5 Å². The molecule has 0 bridgehead atoms. The number of rotatable bonds is 6. The van der Waals surface area contributed by atoms with Crippen LogP contribution in [0.2, 0.25) is 0 Å². The molecule has 0 aliphatic carbocycles. The number of H-pyrrole nitrogens is 1. The molecule has 2 aromatic heterocycles. The fraction of sp³-hybridized carbons (Fsp3) is 0.190. The molecule has 4 aromatic rings. The van der Waals surface area contributed by atoms with Gasteiger partial charge in [-0.1, -0.05) is 0 Å². The van der Waals surface area contributed by atoms with Gasteiger partial charge in [0.25, 0.3) is 5.56 Å². The number of benzene rings is 2. The summed E-state index contributed by atoms with van der Waals surface area (Å²) in [6, 6.07) is 11.0. The molecule has 29 heavy (non-hydrogen) atoms. The summed E-state index contributed by atoms with van der Waals surface area (Å²) >= 11 is 0. The summed E-state index contributed by atoms with van der Waals surface area (Å²) in [5.41, 5.74) is 2.25. The first kappa shape index (κ1) is 18.5. The minimum absolute atomic E-state index is 0.292. The lowest BCUT2D eigenvalue weighted by Crippen LogP contribution is -2.17. The minimum Gasteiger partial charge on any atom is -0.497 e. The van der Waals surface area contributed by atoms with Crippen molar-refractivity contribution in [1.29, 1.82) is 0 Å². The van der Waals surface area contributed by atoms with Gasteiger partial charge in [0.1, 0.15) is 23.1 Å². The molecule has 0 saturated heterocycles. The molecule has 2 heterocycles. The Morgan fingerprint density at radius 2 is 2.00 bits per heavy atom. The molecule has 148 valence electrons. The van der Waals surface area contributed by atoms with Crippen LogP contribution in [0.5, 0.6) is 17.2 Å². The molecule has 0 atom stereocenters. The first-order valence-electron chi connectivity index (χ1n) is 9.07. The number of hydrogen-bond acceptors (Lipinski definition) is 6. The Labute approximate surface area is 166 Å². The molecule has 0 aliphatic rings. The Balaban J connectivity index is 1.72. The predicted octanol–water partition coefficient (Wildman–Crippen LogP) is 3.18. The summed E-state index contributed by atoms with van der Waals surface area (Å²) in [6.45, 7) is 2.45. The largest absolute Gasteiger partial charge is 0.497 e. The molecule has 1 N–H and O–H groups in total. The zero-order valence-corrected chi connectivity index (χ0v) is 16.3. The highest BCUT2D eigenvalue weighted by molar-refractivity contribution is 6.04. The van der Waals surface area contributed by atoms with Crippen LogP contribution in [0, 0.1) is 0 Å². The second kappa shape index (κ2) is 7.67. The molecular formula is C21H20N4O4. The Morgan fingerprint density at radius 1 is 1.14 bits per heavy atom. The third-order valence-corrected chi connectivity index (χ3v) is 4.52. The average molecular weight is 392 g/mol. The number of aromatic nitrogens is 3. The first-order valence-corrected chi connectivity index (χ1v) is 9.07. The number of nitrogens with zero attached hydrogens (tertiary/aromatic N) is 3. The van der Waals surface area contributed by atoms with Gasteiger partial charge in [-0.3, -0.25) is 4.79 Å². The summed E-state index contributed by atoms with van der Waals surface area (Å²) in [5.74, 6) is 1.95. The van der Waals surface area contributed by atoms with Gasteiger partial charge in [0, 0.05) is 10.9 Å². The van der Waals surface area contributed by atoms with Crippen LogP contribution >= 0.6 is 0 Å². The van der Waals surface area contributed by atoms with Gasteiger partial charge in [-0.25, -0.2) is 4.98 Å². The highest BCUT2D eigenvalue weighted by Gasteiger charge is 2.11. The van der Waals surface area contributed by atoms with Crippen molar-refractivity contribution in [2.45, 2.75) is 6.92 Å². The van der Waals surface area contributed by atoms with Gasteiger partial charge >= 0.3 is 0 Å².